The summed E-state index contributed by atoms with van der Waals surface area (Å²) >= 11 is 14.0. The third kappa shape index (κ3) is 5.11. The van der Waals surface area contributed by atoms with Crippen LogP contribution >= 0.6 is 34.5 Å². The van der Waals surface area contributed by atoms with Crippen molar-refractivity contribution in [2.24, 2.45) is 11.3 Å². The quantitative estimate of drug-likeness (QED) is 0.385. The minimum absolute atomic E-state index is 0.169. The molecule has 3 aromatic rings. The number of para-hydroxylation sites is 1. The third-order valence-corrected chi connectivity index (χ3v) is 8.01. The standard InChI is InChI=1S/C26H26Cl2N2O2S/c1-26(2,3)15-12-13-17-21(14-15)33-25(30-23(31)16-8-4-5-9-18(16)27)22(17)24(32)29-20-11-7-6-10-19(20)28/h4-11,15H,12-14H2,1-3H3,(H,29,32)(H,30,31). The van der Waals surface area contributed by atoms with Crippen LogP contribution in [0.5, 0.6) is 0 Å². The summed E-state index contributed by atoms with van der Waals surface area (Å²) in [5, 5.41) is 7.26. The lowest BCUT2D eigenvalue weighted by atomic mass is 9.72. The predicted octanol–water partition coefficient (Wildman–Crippen LogP) is 7.71. The van der Waals surface area contributed by atoms with Crippen LogP contribution in [0.25, 0.3) is 0 Å². The van der Waals surface area contributed by atoms with Gasteiger partial charge in [-0.2, -0.15) is 0 Å². The number of amides is 2. The molecule has 2 amide bonds. The fourth-order valence-electron chi connectivity index (χ4n) is 4.22. The highest BCUT2D eigenvalue weighted by Gasteiger charge is 2.34. The van der Waals surface area contributed by atoms with Gasteiger partial charge in [-0.1, -0.05) is 68.2 Å². The second-order valence-corrected chi connectivity index (χ2v) is 11.3. The maximum absolute atomic E-state index is 13.4. The van der Waals surface area contributed by atoms with E-state index in [9.17, 15) is 9.59 Å². The average molecular weight is 501 g/mol. The van der Waals surface area contributed by atoms with Crippen molar-refractivity contribution in [2.75, 3.05) is 10.6 Å². The molecule has 0 saturated heterocycles. The van der Waals surface area contributed by atoms with Gasteiger partial charge in [-0.05, 0) is 60.4 Å². The third-order valence-electron chi connectivity index (χ3n) is 6.18. The van der Waals surface area contributed by atoms with E-state index >= 15 is 0 Å². The minimum atomic E-state index is -0.335. The number of fused-ring (bicyclic) bond motifs is 1. The summed E-state index contributed by atoms with van der Waals surface area (Å²) in [4.78, 5) is 27.6. The second kappa shape index (κ2) is 9.49. The highest BCUT2D eigenvalue weighted by Crippen LogP contribution is 2.44. The number of nitrogens with one attached hydrogen (secondary N) is 2. The lowest BCUT2D eigenvalue weighted by Gasteiger charge is -2.33. The van der Waals surface area contributed by atoms with E-state index in [1.54, 1.807) is 36.4 Å². The molecular weight excluding hydrogens is 475 g/mol. The molecule has 0 aliphatic heterocycles. The second-order valence-electron chi connectivity index (χ2n) is 9.38. The monoisotopic (exact) mass is 500 g/mol. The number of thiophene rings is 1. The van der Waals surface area contributed by atoms with Crippen LogP contribution in [-0.2, 0) is 12.8 Å². The van der Waals surface area contributed by atoms with E-state index in [1.165, 1.54) is 11.3 Å². The Morgan fingerprint density at radius 3 is 2.27 bits per heavy atom. The van der Waals surface area contributed by atoms with Gasteiger partial charge in [0.1, 0.15) is 5.00 Å². The van der Waals surface area contributed by atoms with Gasteiger partial charge in [0, 0.05) is 4.88 Å². The molecule has 33 heavy (non-hydrogen) atoms. The number of carbonyl (C=O) groups excluding carboxylic acids is 2. The van der Waals surface area contributed by atoms with Gasteiger partial charge in [-0.15, -0.1) is 11.3 Å². The number of benzene rings is 2. The summed E-state index contributed by atoms with van der Waals surface area (Å²) in [6.45, 7) is 6.75. The molecular formula is C26H26Cl2N2O2S. The molecule has 0 fully saturated rings. The Hall–Kier alpha value is -2.34. The molecule has 2 aromatic carbocycles. The average Bonchev–Trinajstić information content (AvgIpc) is 3.12. The van der Waals surface area contributed by atoms with Crippen molar-refractivity contribution in [1.82, 2.24) is 0 Å². The first-order valence-electron chi connectivity index (χ1n) is 10.9. The first kappa shape index (κ1) is 23.8. The van der Waals surface area contributed by atoms with Gasteiger partial charge in [0.25, 0.3) is 11.8 Å². The number of carbonyl (C=O) groups is 2. The lowest BCUT2D eigenvalue weighted by molar-refractivity contribution is 0.102. The van der Waals surface area contributed by atoms with Crippen molar-refractivity contribution in [3.8, 4) is 0 Å². The summed E-state index contributed by atoms with van der Waals surface area (Å²) in [5.74, 6) is -0.0992. The first-order chi connectivity index (χ1) is 15.6. The molecule has 4 nitrogen and oxygen atoms in total. The van der Waals surface area contributed by atoms with Gasteiger partial charge >= 0.3 is 0 Å². The minimum Gasteiger partial charge on any atom is -0.321 e. The van der Waals surface area contributed by atoms with Crippen LogP contribution in [0.4, 0.5) is 10.7 Å². The van der Waals surface area contributed by atoms with E-state index in [1.807, 2.05) is 12.1 Å². The summed E-state index contributed by atoms with van der Waals surface area (Å²) in [6.07, 6.45) is 2.68. The fraction of sp³-hybridized carbons (Fsp3) is 0.308. The molecule has 7 heteroatoms. The summed E-state index contributed by atoms with van der Waals surface area (Å²) in [6, 6.07) is 14.0. The molecule has 1 aliphatic rings. The Labute approximate surface area is 208 Å². The zero-order chi connectivity index (χ0) is 23.8. The number of rotatable bonds is 4. The van der Waals surface area contributed by atoms with Crippen molar-refractivity contribution >= 4 is 57.0 Å². The molecule has 0 bridgehead atoms. The zero-order valence-corrected chi connectivity index (χ0v) is 21.1. The van der Waals surface area contributed by atoms with Crippen molar-refractivity contribution < 1.29 is 9.59 Å². The molecule has 1 aromatic heterocycles. The van der Waals surface area contributed by atoms with Crippen LogP contribution in [-0.4, -0.2) is 11.8 Å². The van der Waals surface area contributed by atoms with Crippen LogP contribution in [0, 0.1) is 11.3 Å². The summed E-state index contributed by atoms with van der Waals surface area (Å²) < 4.78 is 0. The van der Waals surface area contributed by atoms with Crippen molar-refractivity contribution in [3.63, 3.8) is 0 Å². The summed E-state index contributed by atoms with van der Waals surface area (Å²) in [7, 11) is 0. The maximum Gasteiger partial charge on any atom is 0.258 e. The molecule has 0 saturated carbocycles. The number of anilines is 2. The molecule has 1 aliphatic carbocycles. The topological polar surface area (TPSA) is 58.2 Å². The Balaban J connectivity index is 1.71. The zero-order valence-electron chi connectivity index (χ0n) is 18.8. The molecule has 172 valence electrons. The van der Waals surface area contributed by atoms with E-state index in [0.29, 0.717) is 37.8 Å². The van der Waals surface area contributed by atoms with E-state index in [-0.39, 0.29) is 17.2 Å². The molecule has 0 spiro atoms. The van der Waals surface area contributed by atoms with Gasteiger partial charge in [0.2, 0.25) is 0 Å². The van der Waals surface area contributed by atoms with Gasteiger partial charge < -0.3 is 10.6 Å². The van der Waals surface area contributed by atoms with E-state index in [0.717, 1.165) is 29.7 Å². The van der Waals surface area contributed by atoms with Crippen molar-refractivity contribution in [3.05, 3.63) is 80.1 Å². The first-order valence-corrected chi connectivity index (χ1v) is 12.5. The van der Waals surface area contributed by atoms with E-state index < -0.39 is 0 Å². The number of halogens is 2. The Kier molecular flexibility index (Phi) is 6.85. The van der Waals surface area contributed by atoms with Crippen LogP contribution in [0.1, 0.15) is 58.3 Å². The van der Waals surface area contributed by atoms with Crippen LogP contribution in [0.3, 0.4) is 0 Å². The lowest BCUT2D eigenvalue weighted by Crippen LogP contribution is -2.27. The van der Waals surface area contributed by atoms with Crippen LogP contribution < -0.4 is 10.6 Å². The highest BCUT2D eigenvalue weighted by atomic mass is 35.5. The Bertz CT molecular complexity index is 1210. The van der Waals surface area contributed by atoms with Gasteiger partial charge in [0.15, 0.2) is 0 Å². The molecule has 1 unspecified atom stereocenters. The van der Waals surface area contributed by atoms with Gasteiger partial charge in [-0.3, -0.25) is 9.59 Å². The van der Waals surface area contributed by atoms with Crippen LogP contribution in [0.15, 0.2) is 48.5 Å². The largest absolute Gasteiger partial charge is 0.321 e. The van der Waals surface area contributed by atoms with E-state index in [4.69, 9.17) is 23.2 Å². The normalized spacial score (nSPS) is 15.6. The smallest absolute Gasteiger partial charge is 0.258 e. The highest BCUT2D eigenvalue weighted by molar-refractivity contribution is 7.17. The van der Waals surface area contributed by atoms with Crippen molar-refractivity contribution in [1.29, 1.82) is 0 Å². The molecule has 4 rings (SSSR count). The molecule has 1 atom stereocenters. The molecule has 1 heterocycles. The fourth-order valence-corrected chi connectivity index (χ4v) is 5.94. The maximum atomic E-state index is 13.4. The van der Waals surface area contributed by atoms with E-state index in [2.05, 4.69) is 31.4 Å². The van der Waals surface area contributed by atoms with Crippen molar-refractivity contribution in [2.45, 2.75) is 40.0 Å². The number of hydrogen-bond donors (Lipinski definition) is 2. The Morgan fingerprint density at radius 2 is 1.61 bits per heavy atom. The van der Waals surface area contributed by atoms with Gasteiger partial charge in [0.05, 0.1) is 26.9 Å². The predicted molar refractivity (Wildman–Crippen MR) is 138 cm³/mol. The SMILES string of the molecule is CC(C)(C)C1CCc2c(sc(NC(=O)c3ccccc3Cl)c2C(=O)Nc2ccccc2Cl)C1. The molecule has 0 radical (unpaired) electrons. The van der Waals surface area contributed by atoms with Crippen LogP contribution in [0.2, 0.25) is 10.0 Å². The molecule has 2 N–H and O–H groups in total. The Morgan fingerprint density at radius 1 is 0.939 bits per heavy atom. The van der Waals surface area contributed by atoms with Gasteiger partial charge in [-0.25, -0.2) is 0 Å². The summed E-state index contributed by atoms with van der Waals surface area (Å²) in [5.41, 5.74) is 2.61. The number of hydrogen-bond acceptors (Lipinski definition) is 3.